The van der Waals surface area contributed by atoms with E-state index >= 15 is 0 Å². The molecular formula is C20H19FN6O3S. The van der Waals surface area contributed by atoms with Gasteiger partial charge in [0.1, 0.15) is 33.3 Å². The molecule has 0 aliphatic carbocycles. The molecule has 1 N–H and O–H groups in total. The van der Waals surface area contributed by atoms with Crippen LogP contribution in [0.4, 0.5) is 10.1 Å². The lowest BCUT2D eigenvalue weighted by molar-refractivity contribution is 0.421. The predicted molar refractivity (Wildman–Crippen MR) is 112 cm³/mol. The quantitative estimate of drug-likeness (QED) is 0.443. The Kier molecular flexibility index (Phi) is 5.76. The average molecular weight is 442 g/mol. The third-order valence-corrected chi connectivity index (χ3v) is 5.39. The summed E-state index contributed by atoms with van der Waals surface area (Å²) in [7, 11) is -3.05. The van der Waals surface area contributed by atoms with E-state index < -0.39 is 9.84 Å². The number of anilines is 1. The Bertz CT molecular complexity index is 1270. The zero-order valence-electron chi connectivity index (χ0n) is 16.6. The first-order valence-corrected chi connectivity index (χ1v) is 11.4. The van der Waals surface area contributed by atoms with E-state index in [2.05, 4.69) is 25.5 Å². The van der Waals surface area contributed by atoms with Crippen LogP contribution in [0.5, 0.6) is 0 Å². The summed E-state index contributed by atoms with van der Waals surface area (Å²) in [6, 6.07) is 9.92. The summed E-state index contributed by atoms with van der Waals surface area (Å²) >= 11 is 0. The molecule has 0 spiro atoms. The van der Waals surface area contributed by atoms with E-state index in [-0.39, 0.29) is 24.7 Å². The van der Waals surface area contributed by atoms with Crippen LogP contribution in [0.1, 0.15) is 5.56 Å². The molecule has 0 saturated carbocycles. The van der Waals surface area contributed by atoms with Crippen molar-refractivity contribution in [1.82, 2.24) is 24.9 Å². The molecule has 0 atom stereocenters. The second kappa shape index (κ2) is 8.64. The Morgan fingerprint density at radius 1 is 1.13 bits per heavy atom. The van der Waals surface area contributed by atoms with Crippen LogP contribution in [0.15, 0.2) is 59.6 Å². The van der Waals surface area contributed by atoms with Crippen molar-refractivity contribution in [2.24, 2.45) is 0 Å². The van der Waals surface area contributed by atoms with E-state index in [1.54, 1.807) is 47.4 Å². The van der Waals surface area contributed by atoms with Gasteiger partial charge in [0.15, 0.2) is 5.82 Å². The molecule has 0 radical (unpaired) electrons. The fourth-order valence-corrected chi connectivity index (χ4v) is 3.39. The van der Waals surface area contributed by atoms with Crippen molar-refractivity contribution in [3.05, 3.63) is 66.4 Å². The molecule has 0 bridgehead atoms. The van der Waals surface area contributed by atoms with E-state index in [4.69, 9.17) is 4.52 Å². The largest absolute Gasteiger partial charge is 0.382 e. The van der Waals surface area contributed by atoms with E-state index in [9.17, 15) is 12.8 Å². The summed E-state index contributed by atoms with van der Waals surface area (Å²) < 4.78 is 43.2. The van der Waals surface area contributed by atoms with Crippen LogP contribution >= 0.6 is 0 Å². The van der Waals surface area contributed by atoms with Crippen molar-refractivity contribution in [3.63, 3.8) is 0 Å². The summed E-state index contributed by atoms with van der Waals surface area (Å²) in [5.41, 5.74) is 2.74. The number of aromatic nitrogens is 5. The number of halogens is 1. The van der Waals surface area contributed by atoms with Gasteiger partial charge in [0.25, 0.3) is 0 Å². The molecule has 0 fully saturated rings. The van der Waals surface area contributed by atoms with Crippen LogP contribution in [0.2, 0.25) is 0 Å². The van der Waals surface area contributed by atoms with Crippen molar-refractivity contribution < 1.29 is 17.3 Å². The van der Waals surface area contributed by atoms with Gasteiger partial charge in [-0.3, -0.25) is 4.68 Å². The first-order chi connectivity index (χ1) is 14.9. The lowest BCUT2D eigenvalue weighted by Crippen LogP contribution is -2.14. The van der Waals surface area contributed by atoms with Crippen LogP contribution in [-0.4, -0.2) is 51.9 Å². The lowest BCUT2D eigenvalue weighted by atomic mass is 10.2. The van der Waals surface area contributed by atoms with Crippen molar-refractivity contribution in [3.8, 4) is 22.9 Å². The molecular weight excluding hydrogens is 423 g/mol. The molecule has 4 rings (SSSR count). The molecule has 0 unspecified atom stereocenters. The number of hydrogen-bond donors (Lipinski definition) is 1. The van der Waals surface area contributed by atoms with Gasteiger partial charge in [-0.05, 0) is 12.1 Å². The number of hydrogen-bond acceptors (Lipinski definition) is 8. The second-order valence-electron chi connectivity index (χ2n) is 6.90. The van der Waals surface area contributed by atoms with Crippen LogP contribution < -0.4 is 5.32 Å². The molecule has 3 heterocycles. The van der Waals surface area contributed by atoms with E-state index in [0.717, 1.165) is 0 Å². The molecule has 9 nitrogen and oxygen atoms in total. The molecule has 0 amide bonds. The number of nitrogens with zero attached hydrogens (tertiary/aromatic N) is 5. The first kappa shape index (κ1) is 20.7. The maximum absolute atomic E-state index is 14.2. The third kappa shape index (κ3) is 5.12. The Hall–Kier alpha value is -3.60. The molecule has 31 heavy (non-hydrogen) atoms. The molecule has 1 aromatic carbocycles. The van der Waals surface area contributed by atoms with Crippen molar-refractivity contribution in [1.29, 1.82) is 0 Å². The van der Waals surface area contributed by atoms with Crippen molar-refractivity contribution >= 4 is 15.5 Å². The maximum Gasteiger partial charge on any atom is 0.180 e. The molecule has 3 aromatic heterocycles. The van der Waals surface area contributed by atoms with Gasteiger partial charge in [-0.15, -0.1) is 0 Å². The lowest BCUT2D eigenvalue weighted by Gasteiger charge is -2.06. The van der Waals surface area contributed by atoms with Gasteiger partial charge < -0.3 is 9.84 Å². The van der Waals surface area contributed by atoms with Crippen molar-refractivity contribution in [2.45, 2.75) is 6.54 Å². The molecule has 0 saturated heterocycles. The second-order valence-corrected chi connectivity index (χ2v) is 9.16. The highest BCUT2D eigenvalue weighted by molar-refractivity contribution is 7.90. The van der Waals surface area contributed by atoms with E-state index in [1.165, 1.54) is 18.6 Å². The predicted octanol–water partition coefficient (Wildman–Crippen LogP) is 2.64. The molecule has 0 aliphatic heterocycles. The van der Waals surface area contributed by atoms with Crippen molar-refractivity contribution in [2.75, 3.05) is 23.9 Å². The van der Waals surface area contributed by atoms with Gasteiger partial charge >= 0.3 is 0 Å². The minimum Gasteiger partial charge on any atom is -0.382 e. The van der Waals surface area contributed by atoms with Gasteiger partial charge in [0.05, 0.1) is 36.1 Å². The van der Waals surface area contributed by atoms with Crippen LogP contribution in [-0.2, 0) is 16.4 Å². The van der Waals surface area contributed by atoms with Crippen LogP contribution in [0, 0.1) is 5.82 Å². The Morgan fingerprint density at radius 2 is 1.90 bits per heavy atom. The fraction of sp³-hybridized carbons (Fsp3) is 0.200. The van der Waals surface area contributed by atoms with Gasteiger partial charge in [-0.2, -0.15) is 5.10 Å². The average Bonchev–Trinajstić information content (AvgIpc) is 3.39. The fourth-order valence-electron chi connectivity index (χ4n) is 2.92. The summed E-state index contributed by atoms with van der Waals surface area (Å²) in [6.07, 6.45) is 5.73. The highest BCUT2D eigenvalue weighted by Crippen LogP contribution is 2.25. The zero-order chi connectivity index (χ0) is 21.8. The molecule has 0 aliphatic rings. The molecule has 11 heteroatoms. The van der Waals surface area contributed by atoms with Gasteiger partial charge in [-0.25, -0.2) is 22.8 Å². The summed E-state index contributed by atoms with van der Waals surface area (Å²) in [5.74, 6) is 0.0492. The smallest absolute Gasteiger partial charge is 0.180 e. The summed E-state index contributed by atoms with van der Waals surface area (Å²) in [6.45, 7) is 0.453. The minimum absolute atomic E-state index is 0.0102. The Morgan fingerprint density at radius 3 is 2.58 bits per heavy atom. The topological polar surface area (TPSA) is 116 Å². The highest BCUT2D eigenvalue weighted by atomic mass is 32.2. The first-order valence-electron chi connectivity index (χ1n) is 9.35. The molecule has 4 aromatic rings. The standard InChI is InChI=1S/C20H19FN6O3S/c1-31(28,29)9-7-22-15-11-23-20(24-12-15)18-10-19(17-6-8-30-26-17)27(25-18)13-14-4-2-3-5-16(14)21/h2-6,8,10-12,22H,7,9,13H2,1H3. The summed E-state index contributed by atoms with van der Waals surface area (Å²) in [4.78, 5) is 8.62. The van der Waals surface area contributed by atoms with Crippen LogP contribution in [0.25, 0.3) is 22.9 Å². The summed E-state index contributed by atoms with van der Waals surface area (Å²) in [5, 5.41) is 11.5. The Balaban J connectivity index is 1.59. The van der Waals surface area contributed by atoms with Gasteiger partial charge in [0, 0.05) is 24.4 Å². The SMILES string of the molecule is CS(=O)(=O)CCNc1cnc(-c2cc(-c3ccon3)n(Cc3ccccc3F)n2)nc1. The van der Waals surface area contributed by atoms with E-state index in [1.807, 2.05) is 0 Å². The number of benzene rings is 1. The number of rotatable bonds is 8. The highest BCUT2D eigenvalue weighted by Gasteiger charge is 2.16. The zero-order valence-corrected chi connectivity index (χ0v) is 17.4. The maximum atomic E-state index is 14.2. The normalized spacial score (nSPS) is 11.5. The third-order valence-electron chi connectivity index (χ3n) is 4.44. The minimum atomic E-state index is -3.05. The van der Waals surface area contributed by atoms with Gasteiger partial charge in [-0.1, -0.05) is 23.4 Å². The monoisotopic (exact) mass is 442 g/mol. The van der Waals surface area contributed by atoms with Gasteiger partial charge in [0.2, 0.25) is 0 Å². The Labute approximate surface area is 177 Å². The van der Waals surface area contributed by atoms with E-state index in [0.29, 0.717) is 34.2 Å². The molecule has 160 valence electrons. The number of nitrogens with one attached hydrogen (secondary N) is 1. The number of sulfone groups is 1. The van der Waals surface area contributed by atoms with Crippen LogP contribution in [0.3, 0.4) is 0 Å².